The molecule has 0 fully saturated rings. The fourth-order valence-electron chi connectivity index (χ4n) is 1.26. The van der Waals surface area contributed by atoms with Gasteiger partial charge in [-0.25, -0.2) is 0 Å². The largest absolute Gasteiger partial charge is 0.351 e. The molecule has 1 aromatic heterocycles. The second-order valence-electron chi connectivity index (χ2n) is 2.99. The fraction of sp³-hybridized carbons (Fsp3) is 0.700. The second-order valence-corrected chi connectivity index (χ2v) is 2.99. The molecule has 1 heterocycles. The van der Waals surface area contributed by atoms with Gasteiger partial charge in [-0.1, -0.05) is 0 Å². The summed E-state index contributed by atoms with van der Waals surface area (Å²) in [4.78, 5) is 0. The van der Waals surface area contributed by atoms with Crippen LogP contribution in [-0.4, -0.2) is 29.3 Å². The zero-order chi connectivity index (χ0) is 10.4. The Kier molecular flexibility index (Phi) is 4.62. The van der Waals surface area contributed by atoms with E-state index in [1.807, 2.05) is 31.5 Å². The van der Waals surface area contributed by atoms with Crippen LogP contribution in [0.1, 0.15) is 19.5 Å². The minimum atomic E-state index is -0.191. The van der Waals surface area contributed by atoms with Gasteiger partial charge >= 0.3 is 0 Å². The zero-order valence-corrected chi connectivity index (χ0v) is 9.06. The Morgan fingerprint density at radius 1 is 1.36 bits per heavy atom. The van der Waals surface area contributed by atoms with Gasteiger partial charge in [0, 0.05) is 25.1 Å². The Balaban J connectivity index is 2.50. The third kappa shape index (κ3) is 3.12. The van der Waals surface area contributed by atoms with E-state index >= 15 is 0 Å². The van der Waals surface area contributed by atoms with Gasteiger partial charge in [-0.05, 0) is 26.8 Å². The standard InChI is InChI=1S/C10H18N2O2/c1-4-13-10(14-5-2)8-12-9(3)6-7-11-12/h6-7,10H,4-5,8H2,1-3H3. The van der Waals surface area contributed by atoms with Gasteiger partial charge in [0.2, 0.25) is 0 Å². The third-order valence-corrected chi connectivity index (χ3v) is 1.96. The van der Waals surface area contributed by atoms with Gasteiger partial charge in [0.05, 0.1) is 6.54 Å². The molecule has 14 heavy (non-hydrogen) atoms. The van der Waals surface area contributed by atoms with Gasteiger partial charge in [0.25, 0.3) is 0 Å². The first-order valence-electron chi connectivity index (χ1n) is 4.99. The fourth-order valence-corrected chi connectivity index (χ4v) is 1.26. The molecule has 0 saturated carbocycles. The predicted octanol–water partition coefficient (Wildman–Crippen LogP) is 1.59. The monoisotopic (exact) mass is 198 g/mol. The van der Waals surface area contributed by atoms with E-state index < -0.39 is 0 Å². The minimum absolute atomic E-state index is 0.191. The number of aryl methyl sites for hydroxylation is 1. The van der Waals surface area contributed by atoms with E-state index in [9.17, 15) is 0 Å². The van der Waals surface area contributed by atoms with Crippen molar-refractivity contribution >= 4 is 0 Å². The van der Waals surface area contributed by atoms with Crippen molar-refractivity contribution in [3.63, 3.8) is 0 Å². The van der Waals surface area contributed by atoms with Crippen LogP contribution in [0.5, 0.6) is 0 Å². The molecule has 0 atom stereocenters. The molecule has 0 aliphatic carbocycles. The molecule has 0 aromatic carbocycles. The Morgan fingerprint density at radius 2 is 2.00 bits per heavy atom. The van der Waals surface area contributed by atoms with Gasteiger partial charge in [-0.15, -0.1) is 0 Å². The summed E-state index contributed by atoms with van der Waals surface area (Å²) in [6, 6.07) is 1.97. The van der Waals surface area contributed by atoms with Crippen molar-refractivity contribution in [2.24, 2.45) is 0 Å². The van der Waals surface area contributed by atoms with Crippen molar-refractivity contribution in [1.29, 1.82) is 0 Å². The molecule has 4 heteroatoms. The summed E-state index contributed by atoms with van der Waals surface area (Å²) in [5.41, 5.74) is 1.12. The smallest absolute Gasteiger partial charge is 0.176 e. The van der Waals surface area contributed by atoms with E-state index in [0.29, 0.717) is 19.8 Å². The van der Waals surface area contributed by atoms with E-state index in [2.05, 4.69) is 5.10 Å². The lowest BCUT2D eigenvalue weighted by atomic mass is 10.5. The first-order valence-corrected chi connectivity index (χ1v) is 4.99. The molecule has 0 unspecified atom stereocenters. The average Bonchev–Trinajstić information content (AvgIpc) is 2.53. The lowest BCUT2D eigenvalue weighted by molar-refractivity contribution is -0.145. The number of hydrogen-bond acceptors (Lipinski definition) is 3. The lowest BCUT2D eigenvalue weighted by Gasteiger charge is -2.17. The van der Waals surface area contributed by atoms with Crippen molar-refractivity contribution in [2.45, 2.75) is 33.6 Å². The van der Waals surface area contributed by atoms with Crippen molar-refractivity contribution in [3.05, 3.63) is 18.0 Å². The summed E-state index contributed by atoms with van der Waals surface area (Å²) in [5.74, 6) is 0. The Labute approximate surface area is 84.8 Å². The molecule has 0 N–H and O–H groups in total. The summed E-state index contributed by atoms with van der Waals surface area (Å²) in [7, 11) is 0. The van der Waals surface area contributed by atoms with E-state index in [-0.39, 0.29) is 6.29 Å². The minimum Gasteiger partial charge on any atom is -0.351 e. The first-order chi connectivity index (χ1) is 6.77. The van der Waals surface area contributed by atoms with Gasteiger partial charge in [0.1, 0.15) is 0 Å². The molecule has 1 rings (SSSR count). The van der Waals surface area contributed by atoms with E-state index in [1.165, 1.54) is 0 Å². The normalized spacial score (nSPS) is 11.1. The maximum Gasteiger partial charge on any atom is 0.176 e. The Hall–Kier alpha value is -0.870. The molecular weight excluding hydrogens is 180 g/mol. The highest BCUT2D eigenvalue weighted by Crippen LogP contribution is 2.02. The predicted molar refractivity (Wildman–Crippen MR) is 54.0 cm³/mol. The van der Waals surface area contributed by atoms with Crippen molar-refractivity contribution in [1.82, 2.24) is 9.78 Å². The maximum atomic E-state index is 5.43. The van der Waals surface area contributed by atoms with Crippen LogP contribution in [-0.2, 0) is 16.0 Å². The number of hydrogen-bond donors (Lipinski definition) is 0. The highest BCUT2D eigenvalue weighted by Gasteiger charge is 2.09. The van der Waals surface area contributed by atoms with Gasteiger partial charge in [-0.3, -0.25) is 4.68 Å². The molecule has 0 radical (unpaired) electrons. The highest BCUT2D eigenvalue weighted by molar-refractivity contribution is 4.96. The Morgan fingerprint density at radius 3 is 2.43 bits per heavy atom. The van der Waals surface area contributed by atoms with Crippen LogP contribution in [0.15, 0.2) is 12.3 Å². The van der Waals surface area contributed by atoms with Crippen LogP contribution in [0.4, 0.5) is 0 Å². The molecule has 1 aromatic rings. The van der Waals surface area contributed by atoms with Gasteiger partial charge in [-0.2, -0.15) is 5.10 Å². The van der Waals surface area contributed by atoms with E-state index in [0.717, 1.165) is 5.69 Å². The molecule has 0 amide bonds. The van der Waals surface area contributed by atoms with Gasteiger partial charge in [0.15, 0.2) is 6.29 Å². The lowest BCUT2D eigenvalue weighted by Crippen LogP contribution is -2.24. The van der Waals surface area contributed by atoms with Crippen LogP contribution < -0.4 is 0 Å². The zero-order valence-electron chi connectivity index (χ0n) is 9.06. The van der Waals surface area contributed by atoms with Crippen LogP contribution in [0.2, 0.25) is 0 Å². The van der Waals surface area contributed by atoms with Crippen molar-refractivity contribution in [3.8, 4) is 0 Å². The van der Waals surface area contributed by atoms with Crippen molar-refractivity contribution < 1.29 is 9.47 Å². The van der Waals surface area contributed by atoms with Crippen LogP contribution in [0.3, 0.4) is 0 Å². The quantitative estimate of drug-likeness (QED) is 0.651. The molecule has 0 saturated heterocycles. The second kappa shape index (κ2) is 5.78. The molecule has 80 valence electrons. The molecule has 0 aliphatic heterocycles. The summed E-state index contributed by atoms with van der Waals surface area (Å²) in [6.45, 7) is 7.91. The first kappa shape index (κ1) is 11.2. The molecule has 0 bridgehead atoms. The SMILES string of the molecule is CCOC(Cn1nccc1C)OCC. The Bertz CT molecular complexity index is 254. The van der Waals surface area contributed by atoms with Crippen LogP contribution >= 0.6 is 0 Å². The number of nitrogens with zero attached hydrogens (tertiary/aromatic N) is 2. The topological polar surface area (TPSA) is 36.3 Å². The van der Waals surface area contributed by atoms with E-state index in [4.69, 9.17) is 9.47 Å². The van der Waals surface area contributed by atoms with Crippen molar-refractivity contribution in [2.75, 3.05) is 13.2 Å². The summed E-state index contributed by atoms with van der Waals surface area (Å²) >= 11 is 0. The van der Waals surface area contributed by atoms with Gasteiger partial charge < -0.3 is 9.47 Å². The summed E-state index contributed by atoms with van der Waals surface area (Å²) in [5, 5.41) is 4.18. The average molecular weight is 198 g/mol. The summed E-state index contributed by atoms with van der Waals surface area (Å²) < 4.78 is 12.7. The van der Waals surface area contributed by atoms with Crippen LogP contribution in [0.25, 0.3) is 0 Å². The highest BCUT2D eigenvalue weighted by atomic mass is 16.7. The molecule has 0 aliphatic rings. The third-order valence-electron chi connectivity index (χ3n) is 1.96. The molecular formula is C10H18N2O2. The molecule has 4 nitrogen and oxygen atoms in total. The van der Waals surface area contributed by atoms with E-state index in [1.54, 1.807) is 6.20 Å². The molecule has 0 spiro atoms. The number of rotatable bonds is 6. The summed E-state index contributed by atoms with van der Waals surface area (Å²) in [6.07, 6.45) is 1.59. The van der Waals surface area contributed by atoms with Crippen LogP contribution in [0, 0.1) is 6.92 Å². The number of ether oxygens (including phenoxy) is 2. The number of aromatic nitrogens is 2. The maximum absolute atomic E-state index is 5.43.